The van der Waals surface area contributed by atoms with Gasteiger partial charge in [-0.1, -0.05) is 24.3 Å². The van der Waals surface area contributed by atoms with Crippen molar-refractivity contribution < 1.29 is 14.3 Å². The van der Waals surface area contributed by atoms with Gasteiger partial charge in [-0.25, -0.2) is 0 Å². The van der Waals surface area contributed by atoms with E-state index in [1.807, 2.05) is 0 Å². The smallest absolute Gasteiger partial charge is 0.322 e. The van der Waals surface area contributed by atoms with Crippen LogP contribution in [-0.2, 0) is 14.3 Å². The summed E-state index contributed by atoms with van der Waals surface area (Å²) >= 11 is 0. The van der Waals surface area contributed by atoms with Gasteiger partial charge >= 0.3 is 11.9 Å². The maximum atomic E-state index is 12.3. The lowest BCUT2D eigenvalue weighted by molar-refractivity contribution is -0.158. The molecule has 1 aliphatic heterocycles. The Labute approximate surface area is 98.5 Å². The predicted molar refractivity (Wildman–Crippen MR) is 57.4 cm³/mol. The number of esters is 2. The number of cyclic esters (lactones) is 2. The molecule has 0 amide bonds. The fraction of sp³-hybridized carbons (Fsp3) is 0.571. The first kappa shape index (κ1) is 8.67. The van der Waals surface area contributed by atoms with Crippen molar-refractivity contribution >= 4 is 11.9 Å². The zero-order chi connectivity index (χ0) is 11.4. The van der Waals surface area contributed by atoms with Gasteiger partial charge in [-0.3, -0.25) is 9.59 Å². The molecule has 5 rings (SSSR count). The van der Waals surface area contributed by atoms with E-state index in [1.165, 1.54) is 0 Å². The zero-order valence-electron chi connectivity index (χ0n) is 9.26. The first-order valence-electron chi connectivity index (χ1n) is 6.35. The lowest BCUT2D eigenvalue weighted by Gasteiger charge is -2.41. The molecule has 0 aromatic carbocycles. The number of carbonyl (C=O) groups excluding carboxylic acids is 2. The van der Waals surface area contributed by atoms with Crippen LogP contribution < -0.4 is 0 Å². The summed E-state index contributed by atoms with van der Waals surface area (Å²) in [5, 5.41) is 0. The summed E-state index contributed by atoms with van der Waals surface area (Å²) < 4.78 is 5.08. The van der Waals surface area contributed by atoms with Gasteiger partial charge < -0.3 is 4.74 Å². The number of allylic oxidation sites excluding steroid dienone is 4. The predicted octanol–water partition coefficient (Wildman–Crippen LogP) is 1.45. The number of hydrogen-bond acceptors (Lipinski definition) is 3. The Morgan fingerprint density at radius 2 is 1.18 bits per heavy atom. The number of hydrogen-bond donors (Lipinski definition) is 0. The molecule has 1 heterocycles. The van der Waals surface area contributed by atoms with Crippen molar-refractivity contribution in [2.45, 2.75) is 12.8 Å². The summed E-state index contributed by atoms with van der Waals surface area (Å²) in [7, 11) is 0. The number of rotatable bonds is 0. The lowest BCUT2D eigenvalue weighted by atomic mass is 9.54. The Kier molecular flexibility index (Phi) is 1.09. The standard InChI is InChI=1S/C14H12O3/c15-11-13-7-1-2-8(5-7)14(13,12(16)17-11)10-4-3-9(13)6-10/h1-4,7-10H,5-6H2/t7-,8-,9-,10-,13?,14?/m0/s1. The first-order chi connectivity index (χ1) is 8.22. The van der Waals surface area contributed by atoms with Gasteiger partial charge in [-0.15, -0.1) is 0 Å². The topological polar surface area (TPSA) is 43.4 Å². The Hall–Kier alpha value is -1.38. The Morgan fingerprint density at radius 1 is 0.824 bits per heavy atom. The monoisotopic (exact) mass is 228 g/mol. The average molecular weight is 228 g/mol. The molecule has 4 aliphatic carbocycles. The largest absolute Gasteiger partial charge is 0.392 e. The molecule has 17 heavy (non-hydrogen) atoms. The number of carbonyl (C=O) groups is 2. The molecular weight excluding hydrogens is 216 g/mol. The molecule has 0 aromatic rings. The summed E-state index contributed by atoms with van der Waals surface area (Å²) in [5.41, 5.74) is -1.05. The highest BCUT2D eigenvalue weighted by Crippen LogP contribution is 2.79. The van der Waals surface area contributed by atoms with Crippen LogP contribution in [0.5, 0.6) is 0 Å². The highest BCUT2D eigenvalue weighted by molar-refractivity contribution is 6.05. The van der Waals surface area contributed by atoms with Crippen LogP contribution in [0.15, 0.2) is 24.3 Å². The summed E-state index contributed by atoms with van der Waals surface area (Å²) in [6.45, 7) is 0. The highest BCUT2D eigenvalue weighted by Gasteiger charge is 2.85. The molecule has 2 saturated carbocycles. The highest BCUT2D eigenvalue weighted by atomic mass is 16.6. The van der Waals surface area contributed by atoms with Gasteiger partial charge in [-0.2, -0.15) is 0 Å². The Balaban J connectivity index is 1.93. The van der Waals surface area contributed by atoms with Crippen LogP contribution in [0.2, 0.25) is 0 Å². The molecule has 1 saturated heterocycles. The van der Waals surface area contributed by atoms with E-state index in [9.17, 15) is 9.59 Å². The van der Waals surface area contributed by atoms with Gasteiger partial charge in [0, 0.05) is 0 Å². The second kappa shape index (κ2) is 2.14. The van der Waals surface area contributed by atoms with E-state index >= 15 is 0 Å². The fourth-order valence-electron chi connectivity index (χ4n) is 5.72. The van der Waals surface area contributed by atoms with E-state index in [4.69, 9.17) is 4.74 Å². The van der Waals surface area contributed by atoms with Crippen LogP contribution in [0.1, 0.15) is 12.8 Å². The maximum absolute atomic E-state index is 12.3. The van der Waals surface area contributed by atoms with E-state index in [-0.39, 0.29) is 35.6 Å². The van der Waals surface area contributed by atoms with E-state index in [2.05, 4.69) is 24.3 Å². The molecule has 4 atom stereocenters. The van der Waals surface area contributed by atoms with Crippen molar-refractivity contribution in [1.82, 2.24) is 0 Å². The lowest BCUT2D eigenvalue weighted by Crippen LogP contribution is -2.50. The third-order valence-corrected chi connectivity index (χ3v) is 6.05. The summed E-state index contributed by atoms with van der Waals surface area (Å²) in [4.78, 5) is 24.7. The molecule has 0 radical (unpaired) electrons. The molecule has 3 fully saturated rings. The van der Waals surface area contributed by atoms with Crippen LogP contribution in [0.25, 0.3) is 0 Å². The molecule has 0 aromatic heterocycles. The van der Waals surface area contributed by atoms with Gasteiger partial charge in [0.2, 0.25) is 0 Å². The maximum Gasteiger partial charge on any atom is 0.322 e. The molecule has 5 aliphatic rings. The second-order valence-corrected chi connectivity index (χ2v) is 6.08. The summed E-state index contributed by atoms with van der Waals surface area (Å²) in [6.07, 6.45) is 10.5. The molecule has 0 spiro atoms. The van der Waals surface area contributed by atoms with E-state index in [0.29, 0.717) is 0 Å². The first-order valence-corrected chi connectivity index (χ1v) is 6.35. The fourth-order valence-corrected chi connectivity index (χ4v) is 5.72. The molecule has 0 unspecified atom stereocenters. The van der Waals surface area contributed by atoms with Crippen LogP contribution in [0, 0.1) is 34.5 Å². The number of fused-ring (bicyclic) bond motifs is 4. The van der Waals surface area contributed by atoms with Crippen molar-refractivity contribution in [2.75, 3.05) is 0 Å². The van der Waals surface area contributed by atoms with Gasteiger partial charge in [0.1, 0.15) is 0 Å². The SMILES string of the molecule is O=C1OC(=O)C23[C@H]4C=C[C@@H](C4)C12[C@H]1C=C[C@H]3C1. The Bertz CT molecular complexity index is 470. The molecular formula is C14H12O3. The zero-order valence-corrected chi connectivity index (χ0v) is 9.26. The van der Waals surface area contributed by atoms with Crippen LogP contribution >= 0.6 is 0 Å². The van der Waals surface area contributed by atoms with Crippen LogP contribution in [0.3, 0.4) is 0 Å². The van der Waals surface area contributed by atoms with Gasteiger partial charge in [-0.05, 0) is 36.5 Å². The van der Waals surface area contributed by atoms with Gasteiger partial charge in [0.25, 0.3) is 0 Å². The van der Waals surface area contributed by atoms with Crippen molar-refractivity contribution in [3.8, 4) is 0 Å². The van der Waals surface area contributed by atoms with E-state index < -0.39 is 10.8 Å². The molecule has 3 nitrogen and oxygen atoms in total. The quantitative estimate of drug-likeness (QED) is 0.358. The molecule has 86 valence electrons. The third kappa shape index (κ3) is 0.541. The normalized spacial score (nSPS) is 60.0. The molecule has 3 heteroatoms. The van der Waals surface area contributed by atoms with Crippen molar-refractivity contribution in [2.24, 2.45) is 34.5 Å². The van der Waals surface area contributed by atoms with Gasteiger partial charge in [0.05, 0.1) is 10.8 Å². The summed E-state index contributed by atoms with van der Waals surface area (Å²) in [6, 6.07) is 0. The number of ether oxygens (including phenoxy) is 1. The third-order valence-electron chi connectivity index (χ3n) is 6.05. The van der Waals surface area contributed by atoms with Gasteiger partial charge in [0.15, 0.2) is 0 Å². The summed E-state index contributed by atoms with van der Waals surface area (Å²) in [5.74, 6) is 0.433. The molecule has 0 N–H and O–H groups in total. The van der Waals surface area contributed by atoms with Crippen molar-refractivity contribution in [3.63, 3.8) is 0 Å². The van der Waals surface area contributed by atoms with Crippen molar-refractivity contribution in [1.29, 1.82) is 0 Å². The minimum Gasteiger partial charge on any atom is -0.392 e. The van der Waals surface area contributed by atoms with E-state index in [1.54, 1.807) is 0 Å². The van der Waals surface area contributed by atoms with Crippen molar-refractivity contribution in [3.05, 3.63) is 24.3 Å². The minimum atomic E-state index is -0.525. The Morgan fingerprint density at radius 3 is 1.53 bits per heavy atom. The second-order valence-electron chi connectivity index (χ2n) is 6.08. The molecule has 4 bridgehead atoms. The minimum absolute atomic E-state index is 0.228. The average Bonchev–Trinajstić information content (AvgIpc) is 3.04. The van der Waals surface area contributed by atoms with Crippen LogP contribution in [-0.4, -0.2) is 11.9 Å². The van der Waals surface area contributed by atoms with Crippen LogP contribution in [0.4, 0.5) is 0 Å². The van der Waals surface area contributed by atoms with E-state index in [0.717, 1.165) is 12.8 Å².